The molecule has 1 fully saturated rings. The van der Waals surface area contributed by atoms with Gasteiger partial charge in [0.2, 0.25) is 5.91 Å². The lowest BCUT2D eigenvalue weighted by Crippen LogP contribution is -2.50. The molecule has 3 N–H and O–H groups in total. The van der Waals surface area contributed by atoms with E-state index in [-0.39, 0.29) is 36.6 Å². The first-order valence-corrected chi connectivity index (χ1v) is 12.0. The van der Waals surface area contributed by atoms with Crippen molar-refractivity contribution in [3.05, 3.63) is 70.8 Å². The zero-order valence-corrected chi connectivity index (χ0v) is 19.9. The van der Waals surface area contributed by atoms with Gasteiger partial charge in [0, 0.05) is 31.0 Å². The van der Waals surface area contributed by atoms with Crippen molar-refractivity contribution in [1.29, 1.82) is 0 Å². The number of amides is 1. The molecular formula is C27H34F2N2O3. The van der Waals surface area contributed by atoms with Crippen molar-refractivity contribution in [3.8, 4) is 0 Å². The van der Waals surface area contributed by atoms with Crippen LogP contribution in [-0.2, 0) is 28.0 Å². The van der Waals surface area contributed by atoms with Crippen molar-refractivity contribution in [2.45, 2.75) is 76.5 Å². The van der Waals surface area contributed by atoms with Crippen LogP contribution in [0.1, 0.15) is 62.6 Å². The molecule has 0 heterocycles. The fourth-order valence-electron chi connectivity index (χ4n) is 4.27. The highest BCUT2D eigenvalue weighted by Gasteiger charge is 2.44. The Bertz CT molecular complexity index is 987. The lowest BCUT2D eigenvalue weighted by molar-refractivity contribution is -0.123. The van der Waals surface area contributed by atoms with E-state index in [1.165, 1.54) is 30.2 Å². The second-order valence-corrected chi connectivity index (χ2v) is 9.30. The number of ketones is 1. The normalized spacial score (nSPS) is 16.0. The summed E-state index contributed by atoms with van der Waals surface area (Å²) >= 11 is 0. The highest BCUT2D eigenvalue weighted by Crippen LogP contribution is 2.45. The molecule has 7 heteroatoms. The van der Waals surface area contributed by atoms with Crippen LogP contribution in [0.3, 0.4) is 0 Å². The molecule has 34 heavy (non-hydrogen) atoms. The summed E-state index contributed by atoms with van der Waals surface area (Å²) in [5.74, 6) is -1.71. The van der Waals surface area contributed by atoms with Gasteiger partial charge in [0.25, 0.3) is 0 Å². The largest absolute Gasteiger partial charge is 0.390 e. The molecule has 0 radical (unpaired) electrons. The van der Waals surface area contributed by atoms with Gasteiger partial charge in [-0.3, -0.25) is 4.79 Å². The standard InChI is InChI=1S/C27H34F2N2O3/c1-3-19-7-5-8-21(12-19)27(10-11-27)30-17-25(33)24(31-26(34)9-4-6-18(2)32)15-20-13-22(28)16-23(29)14-20/h5,7-8,12-14,16,24-25,30,33H,3-4,6,9-11,15,17H2,1-2H3,(H,31,34). The first kappa shape index (κ1) is 26.0. The Hall–Kier alpha value is -2.64. The minimum Gasteiger partial charge on any atom is -0.390 e. The smallest absolute Gasteiger partial charge is 0.220 e. The number of nitrogens with one attached hydrogen (secondary N) is 2. The number of aryl methyl sites for hydroxylation is 1. The van der Waals surface area contributed by atoms with Crippen LogP contribution in [-0.4, -0.2) is 35.5 Å². The maximum Gasteiger partial charge on any atom is 0.220 e. The number of hydrogen-bond acceptors (Lipinski definition) is 4. The van der Waals surface area contributed by atoms with Gasteiger partial charge < -0.3 is 20.5 Å². The van der Waals surface area contributed by atoms with Crippen molar-refractivity contribution >= 4 is 11.7 Å². The van der Waals surface area contributed by atoms with Crippen LogP contribution >= 0.6 is 0 Å². The number of rotatable bonds is 13. The SMILES string of the molecule is CCc1cccc(C2(NCC(O)C(Cc3cc(F)cc(F)c3)NC(=O)CCCC(C)=O)CC2)c1. The number of aliphatic hydroxyl groups excluding tert-OH is 1. The predicted octanol–water partition coefficient (Wildman–Crippen LogP) is 3.95. The van der Waals surface area contributed by atoms with Gasteiger partial charge in [-0.1, -0.05) is 31.2 Å². The summed E-state index contributed by atoms with van der Waals surface area (Å²) in [6.07, 6.45) is 2.79. The van der Waals surface area contributed by atoms with Gasteiger partial charge in [0.1, 0.15) is 17.4 Å². The van der Waals surface area contributed by atoms with E-state index in [9.17, 15) is 23.5 Å². The number of benzene rings is 2. The lowest BCUT2D eigenvalue weighted by Gasteiger charge is -2.27. The van der Waals surface area contributed by atoms with Crippen LogP contribution in [0.2, 0.25) is 0 Å². The molecule has 2 atom stereocenters. The number of halogens is 2. The van der Waals surface area contributed by atoms with Crippen molar-refractivity contribution in [2.24, 2.45) is 0 Å². The molecule has 0 saturated heterocycles. The van der Waals surface area contributed by atoms with E-state index in [0.29, 0.717) is 18.4 Å². The van der Waals surface area contributed by atoms with Crippen LogP contribution in [0, 0.1) is 11.6 Å². The maximum absolute atomic E-state index is 13.7. The van der Waals surface area contributed by atoms with Gasteiger partial charge in [0.15, 0.2) is 0 Å². The molecule has 0 bridgehead atoms. The second kappa shape index (κ2) is 11.7. The van der Waals surface area contributed by atoms with Gasteiger partial charge in [-0.2, -0.15) is 0 Å². The molecule has 1 aliphatic carbocycles. The van der Waals surface area contributed by atoms with Gasteiger partial charge in [-0.05, 0) is 67.9 Å². The summed E-state index contributed by atoms with van der Waals surface area (Å²) in [6, 6.07) is 10.8. The van der Waals surface area contributed by atoms with E-state index in [2.05, 4.69) is 35.8 Å². The Morgan fingerprint density at radius 3 is 2.38 bits per heavy atom. The summed E-state index contributed by atoms with van der Waals surface area (Å²) in [6.45, 7) is 3.79. The quantitative estimate of drug-likeness (QED) is 0.413. The topological polar surface area (TPSA) is 78.4 Å². The molecule has 2 aromatic rings. The molecule has 2 unspecified atom stereocenters. The van der Waals surface area contributed by atoms with E-state index < -0.39 is 23.8 Å². The molecule has 2 aromatic carbocycles. The Morgan fingerprint density at radius 1 is 1.06 bits per heavy atom. The molecule has 5 nitrogen and oxygen atoms in total. The average molecular weight is 473 g/mol. The Morgan fingerprint density at radius 2 is 1.76 bits per heavy atom. The molecule has 1 aliphatic rings. The fourth-order valence-corrected chi connectivity index (χ4v) is 4.27. The number of aliphatic hydroxyl groups is 1. The molecule has 0 aromatic heterocycles. The summed E-state index contributed by atoms with van der Waals surface area (Å²) < 4.78 is 27.4. The summed E-state index contributed by atoms with van der Waals surface area (Å²) in [5, 5.41) is 17.3. The lowest BCUT2D eigenvalue weighted by atomic mass is 9.98. The molecule has 3 rings (SSSR count). The molecule has 1 saturated carbocycles. The van der Waals surface area contributed by atoms with Crippen molar-refractivity contribution in [3.63, 3.8) is 0 Å². The Labute approximate surface area is 200 Å². The molecule has 184 valence electrons. The Balaban J connectivity index is 1.68. The first-order valence-electron chi connectivity index (χ1n) is 12.0. The third-order valence-electron chi connectivity index (χ3n) is 6.41. The van der Waals surface area contributed by atoms with Crippen LogP contribution < -0.4 is 10.6 Å². The summed E-state index contributed by atoms with van der Waals surface area (Å²) in [7, 11) is 0. The van der Waals surface area contributed by atoms with Crippen molar-refractivity contribution in [2.75, 3.05) is 6.54 Å². The zero-order valence-electron chi connectivity index (χ0n) is 19.9. The average Bonchev–Trinajstić information content (AvgIpc) is 3.57. The van der Waals surface area contributed by atoms with E-state index >= 15 is 0 Å². The third-order valence-corrected chi connectivity index (χ3v) is 6.41. The second-order valence-electron chi connectivity index (χ2n) is 9.30. The number of carbonyl (C=O) groups is 2. The first-order chi connectivity index (χ1) is 16.2. The predicted molar refractivity (Wildman–Crippen MR) is 127 cm³/mol. The monoisotopic (exact) mass is 472 g/mol. The number of Topliss-reactive ketones (excluding diaryl/α,β-unsaturated/α-hetero) is 1. The zero-order chi connectivity index (χ0) is 24.7. The highest BCUT2D eigenvalue weighted by molar-refractivity contribution is 5.78. The van der Waals surface area contributed by atoms with Crippen molar-refractivity contribution in [1.82, 2.24) is 10.6 Å². The fraction of sp³-hybridized carbons (Fsp3) is 0.481. The summed E-state index contributed by atoms with van der Waals surface area (Å²) in [5.41, 5.74) is 2.57. The van der Waals surface area contributed by atoms with Crippen molar-refractivity contribution < 1.29 is 23.5 Å². The highest BCUT2D eigenvalue weighted by atomic mass is 19.1. The maximum atomic E-state index is 13.7. The minimum absolute atomic E-state index is 0.00527. The molecule has 1 amide bonds. The number of hydrogen-bond donors (Lipinski definition) is 3. The van der Waals surface area contributed by atoms with Gasteiger partial charge in [-0.15, -0.1) is 0 Å². The van der Waals surface area contributed by atoms with Crippen LogP contribution in [0.5, 0.6) is 0 Å². The van der Waals surface area contributed by atoms with E-state index in [0.717, 1.165) is 25.3 Å². The minimum atomic E-state index is -0.977. The van der Waals surface area contributed by atoms with Gasteiger partial charge >= 0.3 is 0 Å². The summed E-state index contributed by atoms with van der Waals surface area (Å²) in [4.78, 5) is 23.6. The molecule has 0 aliphatic heterocycles. The van der Waals surface area contributed by atoms with E-state index in [4.69, 9.17) is 0 Å². The van der Waals surface area contributed by atoms with Gasteiger partial charge in [0.05, 0.1) is 12.1 Å². The van der Waals surface area contributed by atoms with E-state index in [1.807, 2.05) is 6.07 Å². The van der Waals surface area contributed by atoms with Crippen LogP contribution in [0.25, 0.3) is 0 Å². The Kier molecular flexibility index (Phi) is 8.91. The number of carbonyl (C=O) groups excluding carboxylic acids is 2. The molecular weight excluding hydrogens is 438 g/mol. The van der Waals surface area contributed by atoms with Crippen LogP contribution in [0.4, 0.5) is 8.78 Å². The van der Waals surface area contributed by atoms with Gasteiger partial charge in [-0.25, -0.2) is 8.78 Å². The molecule has 0 spiro atoms. The van der Waals surface area contributed by atoms with E-state index in [1.54, 1.807) is 0 Å². The third kappa shape index (κ3) is 7.43. The van der Waals surface area contributed by atoms with Crippen LogP contribution in [0.15, 0.2) is 42.5 Å².